The summed E-state index contributed by atoms with van der Waals surface area (Å²) in [6.07, 6.45) is 1.64. The van der Waals surface area contributed by atoms with Crippen molar-refractivity contribution in [1.29, 1.82) is 0 Å². The van der Waals surface area contributed by atoms with Gasteiger partial charge in [0.15, 0.2) is 5.82 Å². The molecule has 0 saturated carbocycles. The third-order valence-corrected chi connectivity index (χ3v) is 4.12. The van der Waals surface area contributed by atoms with E-state index in [1.807, 2.05) is 13.8 Å². The third-order valence-electron chi connectivity index (χ3n) is 4.12. The minimum absolute atomic E-state index is 0.158. The second-order valence-corrected chi connectivity index (χ2v) is 6.38. The highest BCUT2D eigenvalue weighted by Gasteiger charge is 2.32. The summed E-state index contributed by atoms with van der Waals surface area (Å²) in [7, 11) is 0. The molecule has 1 amide bonds. The molecule has 2 aromatic heterocycles. The Kier molecular flexibility index (Phi) is 4.94. The number of nitrogens with zero attached hydrogens (tertiary/aromatic N) is 3. The van der Waals surface area contributed by atoms with Crippen molar-refractivity contribution in [3.05, 3.63) is 29.2 Å². The zero-order valence-corrected chi connectivity index (χ0v) is 14.1. The van der Waals surface area contributed by atoms with Crippen molar-refractivity contribution in [2.75, 3.05) is 13.2 Å². The van der Waals surface area contributed by atoms with Crippen molar-refractivity contribution in [2.45, 2.75) is 45.6 Å². The van der Waals surface area contributed by atoms with Gasteiger partial charge in [0.2, 0.25) is 11.7 Å². The highest BCUT2D eigenvalue weighted by atomic mass is 16.5. The normalized spacial score (nSPS) is 17.2. The molecule has 0 spiro atoms. The number of carbonyl (C=O) groups is 1. The van der Waals surface area contributed by atoms with Gasteiger partial charge in [-0.15, -0.1) is 0 Å². The van der Waals surface area contributed by atoms with E-state index in [-0.39, 0.29) is 29.5 Å². The Balaban J connectivity index is 1.82. The highest BCUT2D eigenvalue weighted by molar-refractivity contribution is 5.91. The van der Waals surface area contributed by atoms with E-state index < -0.39 is 0 Å². The number of rotatable bonds is 5. The predicted octanol–water partition coefficient (Wildman–Crippen LogP) is 2.39. The molecule has 1 unspecified atom stereocenters. The van der Waals surface area contributed by atoms with Crippen LogP contribution in [-0.2, 0) is 4.74 Å². The van der Waals surface area contributed by atoms with Crippen molar-refractivity contribution >= 4 is 5.91 Å². The van der Waals surface area contributed by atoms with Crippen LogP contribution in [0.2, 0.25) is 0 Å². The molecule has 1 fully saturated rings. The fourth-order valence-corrected chi connectivity index (χ4v) is 2.72. The number of carbonyl (C=O) groups excluding carboxylic acids is 1. The molecule has 1 aliphatic rings. The monoisotopic (exact) mass is 334 g/mol. The van der Waals surface area contributed by atoms with Gasteiger partial charge in [-0.25, -0.2) is 0 Å². The van der Waals surface area contributed by atoms with Crippen LogP contribution in [0, 0.1) is 12.8 Å². The van der Waals surface area contributed by atoms with Crippen LogP contribution >= 0.6 is 0 Å². The number of nitrogens with one attached hydrogen (secondary N) is 1. The molecular formula is C16H22N4O4. The minimum Gasteiger partial charge on any atom is -0.381 e. The first-order valence-electron chi connectivity index (χ1n) is 8.20. The van der Waals surface area contributed by atoms with Gasteiger partial charge in [0.25, 0.3) is 5.91 Å². The van der Waals surface area contributed by atoms with E-state index in [2.05, 4.69) is 20.6 Å². The molecule has 1 atom stereocenters. The Labute approximate surface area is 139 Å². The van der Waals surface area contributed by atoms with Crippen LogP contribution in [0.25, 0.3) is 0 Å². The molecule has 3 rings (SSSR count). The van der Waals surface area contributed by atoms with Gasteiger partial charge in [0, 0.05) is 25.2 Å². The molecule has 24 heavy (non-hydrogen) atoms. The molecule has 8 heteroatoms. The maximum absolute atomic E-state index is 12.5. The number of aryl methyl sites for hydroxylation is 1. The van der Waals surface area contributed by atoms with E-state index in [0.29, 0.717) is 30.6 Å². The van der Waals surface area contributed by atoms with E-state index in [1.54, 1.807) is 13.0 Å². The van der Waals surface area contributed by atoms with E-state index >= 15 is 0 Å². The molecule has 130 valence electrons. The van der Waals surface area contributed by atoms with Crippen LogP contribution in [0.15, 0.2) is 15.1 Å². The molecule has 0 radical (unpaired) electrons. The fraction of sp³-hybridized carbons (Fsp3) is 0.625. The summed E-state index contributed by atoms with van der Waals surface area (Å²) in [6, 6.07) is 1.23. The standard InChI is InChI=1S/C16H22N4O4/c1-9(2)14-18-16(24-20-14)13(11-4-6-22-7-5-11)17-15(21)12-8-10(3)19-23-12/h8-9,11,13H,4-7H2,1-3H3,(H,17,21). The van der Waals surface area contributed by atoms with Gasteiger partial charge in [-0.05, 0) is 25.7 Å². The maximum atomic E-state index is 12.5. The van der Waals surface area contributed by atoms with Crippen LogP contribution in [0.5, 0.6) is 0 Å². The van der Waals surface area contributed by atoms with Gasteiger partial charge in [0.05, 0.1) is 5.69 Å². The molecule has 8 nitrogen and oxygen atoms in total. The number of hydrogen-bond donors (Lipinski definition) is 1. The lowest BCUT2D eigenvalue weighted by atomic mass is 9.91. The number of amides is 1. The first kappa shape index (κ1) is 16.6. The highest BCUT2D eigenvalue weighted by Crippen LogP contribution is 2.30. The first-order valence-corrected chi connectivity index (χ1v) is 8.20. The van der Waals surface area contributed by atoms with Crippen LogP contribution in [0.1, 0.15) is 66.6 Å². The molecule has 3 heterocycles. The largest absolute Gasteiger partial charge is 0.381 e. The summed E-state index contributed by atoms with van der Waals surface area (Å²) in [5.41, 5.74) is 0.655. The summed E-state index contributed by atoms with van der Waals surface area (Å²) < 4.78 is 15.9. The fourth-order valence-electron chi connectivity index (χ4n) is 2.72. The summed E-state index contributed by atoms with van der Waals surface area (Å²) in [5, 5.41) is 10.7. The number of aromatic nitrogens is 3. The molecule has 0 aromatic carbocycles. The van der Waals surface area contributed by atoms with Crippen molar-refractivity contribution in [2.24, 2.45) is 5.92 Å². The quantitative estimate of drug-likeness (QED) is 0.895. The van der Waals surface area contributed by atoms with Gasteiger partial charge in [0.1, 0.15) is 6.04 Å². The maximum Gasteiger partial charge on any atom is 0.290 e. The van der Waals surface area contributed by atoms with E-state index in [0.717, 1.165) is 12.8 Å². The van der Waals surface area contributed by atoms with Crippen molar-refractivity contribution in [1.82, 2.24) is 20.6 Å². The minimum atomic E-state index is -0.369. The van der Waals surface area contributed by atoms with Gasteiger partial charge in [-0.1, -0.05) is 24.2 Å². The van der Waals surface area contributed by atoms with E-state index in [1.165, 1.54) is 0 Å². The second-order valence-electron chi connectivity index (χ2n) is 6.38. The Bertz CT molecular complexity index is 688. The lowest BCUT2D eigenvalue weighted by Crippen LogP contribution is -2.36. The van der Waals surface area contributed by atoms with Gasteiger partial charge in [-0.2, -0.15) is 4.98 Å². The van der Waals surface area contributed by atoms with Crippen LogP contribution in [-0.4, -0.2) is 34.4 Å². The summed E-state index contributed by atoms with van der Waals surface area (Å²) in [4.78, 5) is 16.9. The summed E-state index contributed by atoms with van der Waals surface area (Å²) in [5.74, 6) is 1.23. The third kappa shape index (κ3) is 3.64. The first-order chi connectivity index (χ1) is 11.5. The van der Waals surface area contributed by atoms with Gasteiger partial charge >= 0.3 is 0 Å². The Morgan fingerprint density at radius 3 is 2.58 bits per heavy atom. The van der Waals surface area contributed by atoms with Crippen molar-refractivity contribution in [3.63, 3.8) is 0 Å². The zero-order valence-electron chi connectivity index (χ0n) is 14.1. The zero-order chi connectivity index (χ0) is 17.1. The molecule has 1 saturated heterocycles. The lowest BCUT2D eigenvalue weighted by molar-refractivity contribution is 0.0462. The SMILES string of the molecule is Cc1cc(C(=O)NC(c2nc(C(C)C)no2)C2CCOCC2)on1. The summed E-state index contributed by atoms with van der Waals surface area (Å²) >= 11 is 0. The van der Waals surface area contributed by atoms with E-state index in [9.17, 15) is 4.79 Å². The van der Waals surface area contributed by atoms with Gasteiger partial charge < -0.3 is 19.1 Å². The van der Waals surface area contributed by atoms with Crippen LogP contribution in [0.4, 0.5) is 0 Å². The molecule has 0 bridgehead atoms. The number of hydrogen-bond acceptors (Lipinski definition) is 7. The van der Waals surface area contributed by atoms with Crippen molar-refractivity contribution in [3.8, 4) is 0 Å². The molecule has 1 aliphatic heterocycles. The lowest BCUT2D eigenvalue weighted by Gasteiger charge is -2.28. The van der Waals surface area contributed by atoms with Gasteiger partial charge in [-0.3, -0.25) is 4.79 Å². The number of ether oxygens (including phenoxy) is 1. The Hall–Kier alpha value is -2.22. The van der Waals surface area contributed by atoms with Crippen LogP contribution < -0.4 is 5.32 Å². The average Bonchev–Trinajstić information content (AvgIpc) is 3.22. The average molecular weight is 334 g/mol. The molecular weight excluding hydrogens is 312 g/mol. The Morgan fingerprint density at radius 1 is 1.25 bits per heavy atom. The Morgan fingerprint density at radius 2 is 2.00 bits per heavy atom. The van der Waals surface area contributed by atoms with Crippen LogP contribution in [0.3, 0.4) is 0 Å². The summed E-state index contributed by atoms with van der Waals surface area (Å²) in [6.45, 7) is 7.07. The predicted molar refractivity (Wildman–Crippen MR) is 83.4 cm³/mol. The topological polar surface area (TPSA) is 103 Å². The van der Waals surface area contributed by atoms with Crippen molar-refractivity contribution < 1.29 is 18.6 Å². The molecule has 1 N–H and O–H groups in total. The molecule has 2 aromatic rings. The smallest absolute Gasteiger partial charge is 0.290 e. The molecule has 0 aliphatic carbocycles. The van der Waals surface area contributed by atoms with E-state index in [4.69, 9.17) is 13.8 Å². The second kappa shape index (κ2) is 7.12.